The van der Waals surface area contributed by atoms with Crippen LogP contribution < -0.4 is 4.74 Å². The van der Waals surface area contributed by atoms with E-state index < -0.39 is 5.97 Å². The van der Waals surface area contributed by atoms with Crippen LogP contribution in [-0.2, 0) is 9.53 Å². The van der Waals surface area contributed by atoms with E-state index in [-0.39, 0.29) is 12.5 Å². The van der Waals surface area contributed by atoms with Gasteiger partial charge in [0.15, 0.2) is 0 Å². The molecule has 0 atom stereocenters. The second kappa shape index (κ2) is 6.78. The molecule has 0 saturated heterocycles. The lowest BCUT2D eigenvalue weighted by molar-refractivity contribution is -0.143. The summed E-state index contributed by atoms with van der Waals surface area (Å²) in [4.78, 5) is 24.9. The van der Waals surface area contributed by atoms with E-state index in [0.29, 0.717) is 17.9 Å². The molecule has 0 aliphatic heterocycles. The molecule has 1 aromatic rings. The van der Waals surface area contributed by atoms with Crippen molar-refractivity contribution >= 4 is 11.9 Å². The zero-order valence-corrected chi connectivity index (χ0v) is 11.7. The van der Waals surface area contributed by atoms with Crippen molar-refractivity contribution in [3.8, 4) is 5.75 Å². The molecular weight excluding hydrogens is 246 g/mol. The van der Waals surface area contributed by atoms with Crippen molar-refractivity contribution in [2.75, 3.05) is 27.3 Å². The Labute approximate surface area is 113 Å². The van der Waals surface area contributed by atoms with E-state index in [2.05, 4.69) is 0 Å². The molecule has 1 amide bonds. The number of hydrogen-bond acceptors (Lipinski definition) is 4. The summed E-state index contributed by atoms with van der Waals surface area (Å²) in [5.74, 6) is -0.204. The highest BCUT2D eigenvalue weighted by Crippen LogP contribution is 2.20. The summed E-state index contributed by atoms with van der Waals surface area (Å²) in [5.41, 5.74) is 1.39. The maximum absolute atomic E-state index is 12.3. The second-order valence-corrected chi connectivity index (χ2v) is 4.17. The fourth-order valence-electron chi connectivity index (χ4n) is 1.67. The third-order valence-electron chi connectivity index (χ3n) is 2.60. The fourth-order valence-corrected chi connectivity index (χ4v) is 1.67. The number of rotatable bonds is 5. The summed E-state index contributed by atoms with van der Waals surface area (Å²) in [6.45, 7) is 3.84. The van der Waals surface area contributed by atoms with Crippen LogP contribution in [0.2, 0.25) is 0 Å². The lowest BCUT2D eigenvalue weighted by Crippen LogP contribution is -2.33. The smallest absolute Gasteiger partial charge is 0.325 e. The average Bonchev–Trinajstić information content (AvgIpc) is 2.37. The number of nitrogens with zero attached hydrogens (tertiary/aromatic N) is 1. The van der Waals surface area contributed by atoms with Gasteiger partial charge in [-0.1, -0.05) is 11.6 Å². The van der Waals surface area contributed by atoms with E-state index in [4.69, 9.17) is 9.47 Å². The van der Waals surface area contributed by atoms with Gasteiger partial charge in [0.05, 0.1) is 19.3 Å². The van der Waals surface area contributed by atoms with Gasteiger partial charge in [-0.15, -0.1) is 0 Å². The second-order valence-electron chi connectivity index (χ2n) is 4.17. The van der Waals surface area contributed by atoms with Gasteiger partial charge in [0, 0.05) is 7.05 Å². The van der Waals surface area contributed by atoms with Gasteiger partial charge in [-0.25, -0.2) is 0 Å². The molecule has 0 radical (unpaired) electrons. The molecule has 0 unspecified atom stereocenters. The normalized spacial score (nSPS) is 9.89. The molecule has 0 saturated carbocycles. The van der Waals surface area contributed by atoms with Gasteiger partial charge in [-0.3, -0.25) is 9.59 Å². The van der Waals surface area contributed by atoms with Gasteiger partial charge in [0.2, 0.25) is 0 Å². The van der Waals surface area contributed by atoms with Crippen LogP contribution in [0.4, 0.5) is 0 Å². The lowest BCUT2D eigenvalue weighted by atomic mass is 10.1. The van der Waals surface area contributed by atoms with Crippen LogP contribution in [0, 0.1) is 6.92 Å². The number of ether oxygens (including phenoxy) is 2. The van der Waals surface area contributed by atoms with E-state index in [1.165, 1.54) is 12.0 Å². The topological polar surface area (TPSA) is 55.8 Å². The van der Waals surface area contributed by atoms with Gasteiger partial charge < -0.3 is 14.4 Å². The Balaban J connectivity index is 2.87. The van der Waals surface area contributed by atoms with Gasteiger partial charge in [0.1, 0.15) is 12.3 Å². The predicted octanol–water partition coefficient (Wildman–Crippen LogP) is 1.64. The third kappa shape index (κ3) is 3.98. The van der Waals surface area contributed by atoms with Crippen molar-refractivity contribution in [1.29, 1.82) is 0 Å². The SMILES string of the molecule is CCOC(=O)CN(C)C(=O)c1cc(C)ccc1OC. The Morgan fingerprint density at radius 1 is 1.32 bits per heavy atom. The standard InChI is InChI=1S/C14H19NO4/c1-5-19-13(16)9-15(3)14(17)11-8-10(2)6-7-12(11)18-4/h6-8H,5,9H2,1-4H3. The van der Waals surface area contributed by atoms with Gasteiger partial charge >= 0.3 is 5.97 Å². The zero-order valence-electron chi connectivity index (χ0n) is 11.7. The number of hydrogen-bond donors (Lipinski definition) is 0. The monoisotopic (exact) mass is 265 g/mol. The minimum Gasteiger partial charge on any atom is -0.496 e. The first-order valence-corrected chi connectivity index (χ1v) is 6.05. The number of esters is 1. The number of amides is 1. The number of methoxy groups -OCH3 is 1. The molecule has 0 spiro atoms. The zero-order chi connectivity index (χ0) is 14.4. The van der Waals surface area contributed by atoms with Crippen molar-refractivity contribution in [3.05, 3.63) is 29.3 Å². The van der Waals surface area contributed by atoms with Crippen LogP contribution in [-0.4, -0.2) is 44.1 Å². The van der Waals surface area contributed by atoms with E-state index in [1.807, 2.05) is 13.0 Å². The minimum atomic E-state index is -0.426. The number of carbonyl (C=O) groups is 2. The van der Waals surface area contributed by atoms with Crippen molar-refractivity contribution in [2.24, 2.45) is 0 Å². The highest BCUT2D eigenvalue weighted by atomic mass is 16.5. The summed E-state index contributed by atoms with van der Waals surface area (Å²) >= 11 is 0. The van der Waals surface area contributed by atoms with Crippen LogP contribution in [0.25, 0.3) is 0 Å². The van der Waals surface area contributed by atoms with Crippen LogP contribution in [0.1, 0.15) is 22.8 Å². The molecular formula is C14H19NO4. The van der Waals surface area contributed by atoms with Crippen molar-refractivity contribution in [3.63, 3.8) is 0 Å². The summed E-state index contributed by atoms with van der Waals surface area (Å²) in [7, 11) is 3.06. The molecule has 0 aromatic heterocycles. The van der Waals surface area contributed by atoms with Gasteiger partial charge in [-0.2, -0.15) is 0 Å². The fraction of sp³-hybridized carbons (Fsp3) is 0.429. The minimum absolute atomic E-state index is 0.0796. The Morgan fingerprint density at radius 3 is 2.58 bits per heavy atom. The predicted molar refractivity (Wildman–Crippen MR) is 71.3 cm³/mol. The van der Waals surface area contributed by atoms with Crippen molar-refractivity contribution < 1.29 is 19.1 Å². The van der Waals surface area contributed by atoms with E-state index in [0.717, 1.165) is 5.56 Å². The highest BCUT2D eigenvalue weighted by Gasteiger charge is 2.19. The molecule has 19 heavy (non-hydrogen) atoms. The van der Waals surface area contributed by atoms with Crippen LogP contribution in [0.5, 0.6) is 5.75 Å². The highest BCUT2D eigenvalue weighted by molar-refractivity contribution is 5.98. The summed E-state index contributed by atoms with van der Waals surface area (Å²) in [5, 5.41) is 0. The quantitative estimate of drug-likeness (QED) is 0.759. The van der Waals surface area contributed by atoms with Crippen LogP contribution >= 0.6 is 0 Å². The van der Waals surface area contributed by atoms with Crippen molar-refractivity contribution in [2.45, 2.75) is 13.8 Å². The molecule has 0 aliphatic carbocycles. The molecule has 0 fully saturated rings. The maximum atomic E-state index is 12.3. The molecule has 1 aromatic carbocycles. The molecule has 104 valence electrons. The summed E-state index contributed by atoms with van der Waals surface area (Å²) < 4.78 is 9.98. The molecule has 0 heterocycles. The van der Waals surface area contributed by atoms with E-state index in [9.17, 15) is 9.59 Å². The maximum Gasteiger partial charge on any atom is 0.325 e. The number of likely N-dealkylation sites (N-methyl/N-ethyl adjacent to an activating group) is 1. The molecule has 0 bridgehead atoms. The molecule has 5 nitrogen and oxygen atoms in total. The average molecular weight is 265 g/mol. The van der Waals surface area contributed by atoms with Crippen LogP contribution in [0.3, 0.4) is 0 Å². The summed E-state index contributed by atoms with van der Waals surface area (Å²) in [6.07, 6.45) is 0. The van der Waals surface area contributed by atoms with Gasteiger partial charge in [-0.05, 0) is 26.0 Å². The first kappa shape index (κ1) is 15.0. The first-order chi connectivity index (χ1) is 8.99. The molecule has 0 aliphatic rings. The third-order valence-corrected chi connectivity index (χ3v) is 2.60. The summed E-state index contributed by atoms with van der Waals surface area (Å²) in [6, 6.07) is 5.34. The number of benzene rings is 1. The van der Waals surface area contributed by atoms with Gasteiger partial charge in [0.25, 0.3) is 5.91 Å². The Morgan fingerprint density at radius 2 is 2.00 bits per heavy atom. The van der Waals surface area contributed by atoms with E-state index >= 15 is 0 Å². The van der Waals surface area contributed by atoms with E-state index in [1.54, 1.807) is 26.1 Å². The molecule has 1 rings (SSSR count). The Bertz CT molecular complexity index is 471. The number of aryl methyl sites for hydroxylation is 1. The number of carbonyl (C=O) groups excluding carboxylic acids is 2. The Hall–Kier alpha value is -2.04. The molecule has 0 N–H and O–H groups in total. The van der Waals surface area contributed by atoms with Crippen molar-refractivity contribution in [1.82, 2.24) is 4.90 Å². The lowest BCUT2D eigenvalue weighted by Gasteiger charge is -2.18. The first-order valence-electron chi connectivity index (χ1n) is 6.05. The van der Waals surface area contributed by atoms with Crippen LogP contribution in [0.15, 0.2) is 18.2 Å². The largest absolute Gasteiger partial charge is 0.496 e. The Kier molecular flexibility index (Phi) is 5.36. The molecule has 5 heteroatoms.